The summed E-state index contributed by atoms with van der Waals surface area (Å²) >= 11 is 0. The quantitative estimate of drug-likeness (QED) is 0.344. The Labute approximate surface area is 169 Å². The predicted octanol–water partition coefficient (Wildman–Crippen LogP) is 2.64. The molecule has 1 atom stereocenters. The number of hydrogen-bond donors (Lipinski definition) is 3. The summed E-state index contributed by atoms with van der Waals surface area (Å²) in [5.74, 6) is 5.23. The lowest BCUT2D eigenvalue weighted by Gasteiger charge is -2.12. The largest absolute Gasteiger partial charge is 0.380 e. The number of amides is 1. The van der Waals surface area contributed by atoms with Gasteiger partial charge in [0, 0.05) is 36.5 Å². The molecule has 29 heavy (non-hydrogen) atoms. The van der Waals surface area contributed by atoms with Crippen LogP contribution in [0.1, 0.15) is 22.5 Å². The molecule has 0 aliphatic heterocycles. The standard InChI is InChI=1S/C23H22N4O2/c1-27(15-24)12-11-19(28)10-9-16-5-4-7-18(13-16)21-14-17-6-2-3-8-20(17)22(26-21)23(25)29/h2-8,13-15,19,24,28H,11-12H2,1H3,(H2,25,29)/t19-/m0/s1. The third-order valence-electron chi connectivity index (χ3n) is 4.49. The van der Waals surface area contributed by atoms with E-state index in [9.17, 15) is 9.90 Å². The van der Waals surface area contributed by atoms with Crippen molar-refractivity contribution in [3.63, 3.8) is 0 Å². The van der Waals surface area contributed by atoms with Crippen molar-refractivity contribution in [2.24, 2.45) is 5.73 Å². The second kappa shape index (κ2) is 9.00. The summed E-state index contributed by atoms with van der Waals surface area (Å²) in [7, 11) is 1.77. The van der Waals surface area contributed by atoms with E-state index in [1.807, 2.05) is 54.6 Å². The minimum Gasteiger partial charge on any atom is -0.380 e. The molecule has 3 aromatic rings. The zero-order chi connectivity index (χ0) is 20.8. The molecule has 0 fully saturated rings. The van der Waals surface area contributed by atoms with Gasteiger partial charge in [0.1, 0.15) is 11.8 Å². The Hall–Kier alpha value is -3.69. The molecule has 0 aliphatic rings. The van der Waals surface area contributed by atoms with E-state index >= 15 is 0 Å². The zero-order valence-electron chi connectivity index (χ0n) is 16.1. The van der Waals surface area contributed by atoms with Gasteiger partial charge in [0.05, 0.1) is 12.0 Å². The minimum absolute atomic E-state index is 0.236. The fraction of sp³-hybridized carbons (Fsp3) is 0.174. The van der Waals surface area contributed by atoms with Gasteiger partial charge >= 0.3 is 0 Å². The van der Waals surface area contributed by atoms with Gasteiger partial charge in [-0.2, -0.15) is 0 Å². The molecule has 0 radical (unpaired) electrons. The van der Waals surface area contributed by atoms with Crippen molar-refractivity contribution >= 4 is 23.0 Å². The highest BCUT2D eigenvalue weighted by molar-refractivity contribution is 6.05. The van der Waals surface area contributed by atoms with Crippen LogP contribution in [0.5, 0.6) is 0 Å². The lowest BCUT2D eigenvalue weighted by atomic mass is 10.0. The van der Waals surface area contributed by atoms with Gasteiger partial charge in [-0.25, -0.2) is 4.98 Å². The van der Waals surface area contributed by atoms with E-state index in [4.69, 9.17) is 11.1 Å². The second-order valence-electron chi connectivity index (χ2n) is 6.71. The Morgan fingerprint density at radius 1 is 1.28 bits per heavy atom. The Morgan fingerprint density at radius 2 is 2.07 bits per heavy atom. The van der Waals surface area contributed by atoms with Gasteiger partial charge in [-0.15, -0.1) is 0 Å². The van der Waals surface area contributed by atoms with E-state index in [1.165, 1.54) is 6.34 Å². The fourth-order valence-corrected chi connectivity index (χ4v) is 2.92. The first-order chi connectivity index (χ1) is 14.0. The smallest absolute Gasteiger partial charge is 0.267 e. The normalized spacial score (nSPS) is 11.4. The third kappa shape index (κ3) is 4.98. The molecule has 1 aromatic heterocycles. The van der Waals surface area contributed by atoms with Gasteiger partial charge in [-0.05, 0) is 23.6 Å². The summed E-state index contributed by atoms with van der Waals surface area (Å²) in [5, 5.41) is 18.8. The lowest BCUT2D eigenvalue weighted by molar-refractivity contribution is 0.0997. The number of nitrogens with one attached hydrogen (secondary N) is 1. The van der Waals surface area contributed by atoms with E-state index in [2.05, 4.69) is 16.8 Å². The number of hydrogen-bond acceptors (Lipinski definition) is 4. The summed E-state index contributed by atoms with van der Waals surface area (Å²) < 4.78 is 0. The van der Waals surface area contributed by atoms with Crippen molar-refractivity contribution in [3.05, 3.63) is 65.9 Å². The van der Waals surface area contributed by atoms with E-state index in [1.54, 1.807) is 11.9 Å². The van der Waals surface area contributed by atoms with E-state index in [0.29, 0.717) is 18.7 Å². The van der Waals surface area contributed by atoms with E-state index in [-0.39, 0.29) is 5.69 Å². The van der Waals surface area contributed by atoms with Crippen molar-refractivity contribution in [3.8, 4) is 23.1 Å². The van der Waals surface area contributed by atoms with Crippen LogP contribution in [-0.2, 0) is 0 Å². The predicted molar refractivity (Wildman–Crippen MR) is 115 cm³/mol. The molecular weight excluding hydrogens is 364 g/mol. The highest BCUT2D eigenvalue weighted by atomic mass is 16.3. The Morgan fingerprint density at radius 3 is 2.83 bits per heavy atom. The van der Waals surface area contributed by atoms with Crippen LogP contribution in [-0.4, -0.2) is 46.9 Å². The monoisotopic (exact) mass is 386 g/mol. The van der Waals surface area contributed by atoms with Gasteiger partial charge in [-0.3, -0.25) is 10.2 Å². The number of carbonyl (C=O) groups is 1. The van der Waals surface area contributed by atoms with Crippen molar-refractivity contribution in [1.29, 1.82) is 5.41 Å². The van der Waals surface area contributed by atoms with Crippen LogP contribution in [0.3, 0.4) is 0 Å². The molecule has 3 rings (SSSR count). The molecule has 0 unspecified atom stereocenters. The molecular formula is C23H22N4O2. The van der Waals surface area contributed by atoms with Crippen LogP contribution in [0.15, 0.2) is 54.6 Å². The molecule has 4 N–H and O–H groups in total. The average Bonchev–Trinajstić information content (AvgIpc) is 2.75. The average molecular weight is 386 g/mol. The van der Waals surface area contributed by atoms with Gasteiger partial charge in [0.15, 0.2) is 0 Å². The van der Waals surface area contributed by atoms with Crippen molar-refractivity contribution in [1.82, 2.24) is 9.88 Å². The van der Waals surface area contributed by atoms with Crippen LogP contribution in [0.25, 0.3) is 22.0 Å². The molecule has 0 saturated carbocycles. The number of nitrogens with zero attached hydrogens (tertiary/aromatic N) is 2. The molecule has 0 saturated heterocycles. The number of rotatable bonds is 6. The summed E-state index contributed by atoms with van der Waals surface area (Å²) in [4.78, 5) is 18.0. The number of aliphatic hydroxyl groups is 1. The van der Waals surface area contributed by atoms with Crippen molar-refractivity contribution in [2.45, 2.75) is 12.5 Å². The van der Waals surface area contributed by atoms with Gasteiger partial charge in [0.2, 0.25) is 0 Å². The number of nitrogens with two attached hydrogens (primary N) is 1. The number of benzene rings is 2. The summed E-state index contributed by atoms with van der Waals surface area (Å²) in [6, 6.07) is 16.9. The summed E-state index contributed by atoms with van der Waals surface area (Å²) in [6.07, 6.45) is 0.883. The first-order valence-electron chi connectivity index (χ1n) is 9.18. The third-order valence-corrected chi connectivity index (χ3v) is 4.49. The highest BCUT2D eigenvalue weighted by Gasteiger charge is 2.12. The first-order valence-corrected chi connectivity index (χ1v) is 9.18. The number of aromatic nitrogens is 1. The molecule has 146 valence electrons. The van der Waals surface area contributed by atoms with Crippen molar-refractivity contribution in [2.75, 3.05) is 13.6 Å². The van der Waals surface area contributed by atoms with Crippen LogP contribution < -0.4 is 5.73 Å². The molecule has 0 bridgehead atoms. The molecule has 1 amide bonds. The first kappa shape index (κ1) is 20.1. The van der Waals surface area contributed by atoms with E-state index in [0.717, 1.165) is 21.9 Å². The Balaban J connectivity index is 1.90. The number of aliphatic hydroxyl groups excluding tert-OH is 1. The van der Waals surface area contributed by atoms with Gasteiger partial charge < -0.3 is 15.7 Å². The number of fused-ring (bicyclic) bond motifs is 1. The molecule has 6 nitrogen and oxygen atoms in total. The highest BCUT2D eigenvalue weighted by Crippen LogP contribution is 2.25. The Kier molecular flexibility index (Phi) is 6.22. The molecule has 2 aromatic carbocycles. The lowest BCUT2D eigenvalue weighted by Crippen LogP contribution is -2.20. The maximum Gasteiger partial charge on any atom is 0.267 e. The maximum absolute atomic E-state index is 11.9. The zero-order valence-corrected chi connectivity index (χ0v) is 16.1. The number of carbonyl (C=O) groups excluding carboxylic acids is 1. The number of primary amides is 1. The fourth-order valence-electron chi connectivity index (χ4n) is 2.92. The SMILES string of the molecule is CN(C=N)CC[C@@H](O)C#Cc1cccc(-c2cc3ccccc3c(C(N)=O)n2)c1. The second-order valence-corrected chi connectivity index (χ2v) is 6.71. The van der Waals surface area contributed by atoms with Crippen LogP contribution >= 0.6 is 0 Å². The minimum atomic E-state index is -0.777. The molecule has 0 spiro atoms. The van der Waals surface area contributed by atoms with Gasteiger partial charge in [-0.1, -0.05) is 48.2 Å². The number of pyridine rings is 1. The van der Waals surface area contributed by atoms with Crippen LogP contribution in [0.4, 0.5) is 0 Å². The van der Waals surface area contributed by atoms with Crippen LogP contribution in [0.2, 0.25) is 0 Å². The molecule has 0 aliphatic carbocycles. The Bertz CT molecular complexity index is 1110. The topological polar surface area (TPSA) is 103 Å². The summed E-state index contributed by atoms with van der Waals surface area (Å²) in [6.45, 7) is 0.552. The van der Waals surface area contributed by atoms with Crippen LogP contribution in [0, 0.1) is 17.3 Å². The summed E-state index contributed by atoms with van der Waals surface area (Å²) in [5.41, 5.74) is 7.94. The molecule has 6 heteroatoms. The van der Waals surface area contributed by atoms with Gasteiger partial charge in [0.25, 0.3) is 5.91 Å². The maximum atomic E-state index is 11.9. The molecule has 1 heterocycles. The van der Waals surface area contributed by atoms with E-state index < -0.39 is 12.0 Å². The van der Waals surface area contributed by atoms with Crippen molar-refractivity contribution < 1.29 is 9.90 Å².